The maximum Gasteiger partial charge on any atom is 0.269 e. The molecule has 116 valence electrons. The fraction of sp³-hybridized carbons (Fsp3) is 0.647. The molecule has 0 saturated heterocycles. The predicted octanol–water partition coefficient (Wildman–Crippen LogP) is 4.07. The van der Waals surface area contributed by atoms with Crippen LogP contribution in [-0.4, -0.2) is 10.5 Å². The van der Waals surface area contributed by atoms with Crippen LogP contribution in [0.5, 0.6) is 0 Å². The Balaban J connectivity index is 1.86. The van der Waals surface area contributed by atoms with Gasteiger partial charge in [-0.25, -0.2) is 0 Å². The maximum atomic E-state index is 10.6. The van der Waals surface area contributed by atoms with Crippen LogP contribution >= 0.6 is 0 Å². The number of nitrogens with two attached hydrogens (primary N) is 1. The topological polar surface area (TPSA) is 69.2 Å². The van der Waals surface area contributed by atoms with Crippen LogP contribution in [0.3, 0.4) is 0 Å². The fourth-order valence-electron chi connectivity index (χ4n) is 3.31. The third-order valence-electron chi connectivity index (χ3n) is 5.03. The van der Waals surface area contributed by atoms with Crippen molar-refractivity contribution in [2.24, 2.45) is 17.6 Å². The van der Waals surface area contributed by atoms with Crippen molar-refractivity contribution in [3.8, 4) is 0 Å². The third kappa shape index (κ3) is 4.27. The second-order valence-electron chi connectivity index (χ2n) is 6.87. The van der Waals surface area contributed by atoms with Gasteiger partial charge in [-0.3, -0.25) is 10.1 Å². The highest BCUT2D eigenvalue weighted by atomic mass is 16.6. The molecule has 4 nitrogen and oxygen atoms in total. The average molecular weight is 290 g/mol. The van der Waals surface area contributed by atoms with Gasteiger partial charge in [0.05, 0.1) is 4.92 Å². The Morgan fingerprint density at radius 2 is 1.86 bits per heavy atom. The first-order valence-corrected chi connectivity index (χ1v) is 7.92. The molecule has 1 aromatic carbocycles. The molecular weight excluding hydrogens is 264 g/mol. The highest BCUT2D eigenvalue weighted by molar-refractivity contribution is 5.33. The molecule has 1 saturated carbocycles. The quantitative estimate of drug-likeness (QED) is 0.656. The molecule has 1 aromatic rings. The predicted molar refractivity (Wildman–Crippen MR) is 85.1 cm³/mol. The molecule has 0 atom stereocenters. The lowest BCUT2D eigenvalue weighted by atomic mass is 9.71. The van der Waals surface area contributed by atoms with Gasteiger partial charge >= 0.3 is 0 Å². The summed E-state index contributed by atoms with van der Waals surface area (Å²) < 4.78 is 0. The van der Waals surface area contributed by atoms with E-state index >= 15 is 0 Å². The first kappa shape index (κ1) is 16.0. The number of nitrogens with zero attached hydrogens (tertiary/aromatic N) is 1. The van der Waals surface area contributed by atoms with Gasteiger partial charge in [0.2, 0.25) is 0 Å². The van der Waals surface area contributed by atoms with Crippen molar-refractivity contribution in [1.82, 2.24) is 0 Å². The van der Waals surface area contributed by atoms with E-state index in [-0.39, 0.29) is 16.1 Å². The minimum absolute atomic E-state index is 0.0484. The molecule has 0 amide bonds. The van der Waals surface area contributed by atoms with Crippen molar-refractivity contribution >= 4 is 5.69 Å². The van der Waals surface area contributed by atoms with E-state index in [1.165, 1.54) is 12.8 Å². The van der Waals surface area contributed by atoms with E-state index in [9.17, 15) is 10.1 Å². The number of hydrogen-bond donors (Lipinski definition) is 1. The molecule has 2 N–H and O–H groups in total. The second-order valence-corrected chi connectivity index (χ2v) is 6.87. The summed E-state index contributed by atoms with van der Waals surface area (Å²) in [6.07, 6.45) is 6.53. The molecule has 4 heteroatoms. The van der Waals surface area contributed by atoms with Gasteiger partial charge < -0.3 is 5.73 Å². The minimum Gasteiger partial charge on any atom is -0.325 e. The molecule has 0 spiro atoms. The molecule has 2 rings (SSSR count). The zero-order chi connectivity index (χ0) is 15.5. The van der Waals surface area contributed by atoms with Gasteiger partial charge in [-0.2, -0.15) is 0 Å². The van der Waals surface area contributed by atoms with E-state index in [1.807, 2.05) is 12.1 Å². The van der Waals surface area contributed by atoms with Gasteiger partial charge in [0.15, 0.2) is 0 Å². The lowest BCUT2D eigenvalue weighted by molar-refractivity contribution is -0.384. The van der Waals surface area contributed by atoms with Crippen LogP contribution in [0.1, 0.15) is 51.5 Å². The lowest BCUT2D eigenvalue weighted by Gasteiger charge is -2.38. The Kier molecular flexibility index (Phi) is 4.99. The Hall–Kier alpha value is -1.42. The van der Waals surface area contributed by atoms with Crippen molar-refractivity contribution < 1.29 is 4.92 Å². The Bertz CT molecular complexity index is 474. The first-order chi connectivity index (χ1) is 9.89. The van der Waals surface area contributed by atoms with Crippen LogP contribution in [0.4, 0.5) is 5.69 Å². The minimum atomic E-state index is -0.360. The fourth-order valence-corrected chi connectivity index (χ4v) is 3.31. The van der Waals surface area contributed by atoms with E-state index in [4.69, 9.17) is 5.73 Å². The van der Waals surface area contributed by atoms with Crippen molar-refractivity contribution in [2.75, 3.05) is 0 Å². The number of nitro benzene ring substituents is 1. The van der Waals surface area contributed by atoms with Gasteiger partial charge in [-0.15, -0.1) is 0 Å². The largest absolute Gasteiger partial charge is 0.325 e. The van der Waals surface area contributed by atoms with Crippen molar-refractivity contribution in [3.63, 3.8) is 0 Å². The number of benzene rings is 1. The number of rotatable bonds is 5. The summed E-state index contributed by atoms with van der Waals surface area (Å²) in [6, 6.07) is 6.85. The van der Waals surface area contributed by atoms with Crippen LogP contribution in [0.15, 0.2) is 24.3 Å². The monoisotopic (exact) mass is 290 g/mol. The van der Waals surface area contributed by atoms with Crippen molar-refractivity contribution in [3.05, 3.63) is 39.9 Å². The van der Waals surface area contributed by atoms with Crippen LogP contribution in [-0.2, 0) is 6.42 Å². The summed E-state index contributed by atoms with van der Waals surface area (Å²) >= 11 is 0. The molecule has 21 heavy (non-hydrogen) atoms. The van der Waals surface area contributed by atoms with E-state index < -0.39 is 0 Å². The van der Waals surface area contributed by atoms with E-state index in [1.54, 1.807) is 12.1 Å². The van der Waals surface area contributed by atoms with Crippen molar-refractivity contribution in [1.29, 1.82) is 0 Å². The molecular formula is C17H26N2O2. The maximum absolute atomic E-state index is 10.6. The van der Waals surface area contributed by atoms with Gasteiger partial charge in [-0.1, -0.05) is 26.0 Å². The van der Waals surface area contributed by atoms with Gasteiger partial charge in [0.1, 0.15) is 0 Å². The highest BCUT2D eigenvalue weighted by Crippen LogP contribution is 2.36. The molecule has 0 heterocycles. The van der Waals surface area contributed by atoms with E-state index in [0.717, 1.165) is 43.1 Å². The lowest BCUT2D eigenvalue weighted by Crippen LogP contribution is -2.44. The van der Waals surface area contributed by atoms with Crippen LogP contribution in [0.25, 0.3) is 0 Å². The van der Waals surface area contributed by atoms with Crippen LogP contribution in [0.2, 0.25) is 0 Å². The summed E-state index contributed by atoms with van der Waals surface area (Å²) in [5.74, 6) is 1.57. The summed E-state index contributed by atoms with van der Waals surface area (Å²) in [6.45, 7) is 4.59. The highest BCUT2D eigenvalue weighted by Gasteiger charge is 2.32. The Morgan fingerprint density at radius 1 is 1.29 bits per heavy atom. The summed E-state index contributed by atoms with van der Waals surface area (Å²) in [5.41, 5.74) is 7.78. The standard InChI is InChI=1S/C17H26N2O2/c1-13(2)15-8-11-17(18,12-9-15)10-7-14-3-5-16(6-4-14)19(20)21/h3-6,13,15H,7-12,18H2,1-2H3. The van der Waals surface area contributed by atoms with Crippen LogP contribution < -0.4 is 5.73 Å². The first-order valence-electron chi connectivity index (χ1n) is 7.92. The Labute approximate surface area is 126 Å². The smallest absolute Gasteiger partial charge is 0.269 e. The van der Waals surface area contributed by atoms with Crippen LogP contribution in [0, 0.1) is 22.0 Å². The summed E-state index contributed by atoms with van der Waals surface area (Å²) in [5, 5.41) is 10.6. The van der Waals surface area contributed by atoms with Gasteiger partial charge in [0, 0.05) is 17.7 Å². The molecule has 0 aromatic heterocycles. The normalized spacial score (nSPS) is 26.0. The van der Waals surface area contributed by atoms with E-state index in [0.29, 0.717) is 0 Å². The number of non-ortho nitro benzene ring substituents is 1. The molecule has 0 bridgehead atoms. The number of aryl methyl sites for hydroxylation is 1. The van der Waals surface area contributed by atoms with Crippen molar-refractivity contribution in [2.45, 2.75) is 57.9 Å². The Morgan fingerprint density at radius 3 is 2.33 bits per heavy atom. The zero-order valence-electron chi connectivity index (χ0n) is 13.0. The zero-order valence-corrected chi connectivity index (χ0v) is 13.0. The van der Waals surface area contributed by atoms with Gasteiger partial charge in [-0.05, 0) is 55.9 Å². The molecule has 0 aliphatic heterocycles. The number of nitro groups is 1. The third-order valence-corrected chi connectivity index (χ3v) is 5.03. The molecule has 1 aliphatic rings. The molecule has 0 unspecified atom stereocenters. The molecule has 0 radical (unpaired) electrons. The van der Waals surface area contributed by atoms with E-state index in [2.05, 4.69) is 13.8 Å². The average Bonchev–Trinajstić information content (AvgIpc) is 2.46. The summed E-state index contributed by atoms with van der Waals surface area (Å²) in [7, 11) is 0. The summed E-state index contributed by atoms with van der Waals surface area (Å²) in [4.78, 5) is 10.3. The number of hydrogen-bond acceptors (Lipinski definition) is 3. The second kappa shape index (κ2) is 6.56. The molecule has 1 fully saturated rings. The molecule has 1 aliphatic carbocycles. The SMILES string of the molecule is CC(C)C1CCC(N)(CCc2ccc([N+](=O)[O-])cc2)CC1. The van der Waals surface area contributed by atoms with Gasteiger partial charge in [0.25, 0.3) is 5.69 Å².